The van der Waals surface area contributed by atoms with Crippen molar-refractivity contribution in [3.63, 3.8) is 0 Å². The van der Waals surface area contributed by atoms with Gasteiger partial charge in [-0.25, -0.2) is 0 Å². The molecule has 1 N–H and O–H groups in total. The lowest BCUT2D eigenvalue weighted by Gasteiger charge is -1.98. The second-order valence-electron chi connectivity index (χ2n) is 2.61. The predicted octanol–water partition coefficient (Wildman–Crippen LogP) is 1.85. The van der Waals surface area contributed by atoms with Gasteiger partial charge in [0.2, 0.25) is 6.41 Å². The van der Waals surface area contributed by atoms with Crippen LogP contribution in [0.4, 0.5) is 0 Å². The summed E-state index contributed by atoms with van der Waals surface area (Å²) in [5.74, 6) is 0.512. The summed E-state index contributed by atoms with van der Waals surface area (Å²) in [6.45, 7) is 6.06. The molecule has 0 aliphatic carbocycles. The van der Waals surface area contributed by atoms with E-state index >= 15 is 0 Å². The quantitative estimate of drug-likeness (QED) is 0.484. The van der Waals surface area contributed by atoms with Gasteiger partial charge in [-0.3, -0.25) is 4.79 Å². The molecule has 0 aromatic carbocycles. The zero-order valence-electron chi connectivity index (χ0n) is 7.29. The number of allylic oxidation sites excluding steroid dienone is 3. The van der Waals surface area contributed by atoms with Crippen molar-refractivity contribution in [3.05, 3.63) is 23.9 Å². The standard InChI is InChI=1S/C9H15NO/c1-4-9(10-7-11)6-5-8(2)3/h4-8H,1-3H3,(H,10,11)/b6-5-,9-4+. The van der Waals surface area contributed by atoms with E-state index in [1.807, 2.05) is 25.2 Å². The van der Waals surface area contributed by atoms with E-state index in [9.17, 15) is 4.79 Å². The van der Waals surface area contributed by atoms with Crippen molar-refractivity contribution in [2.75, 3.05) is 0 Å². The third kappa shape index (κ3) is 5.40. The van der Waals surface area contributed by atoms with E-state index in [-0.39, 0.29) is 0 Å². The molecular formula is C9H15NO. The van der Waals surface area contributed by atoms with Crippen molar-refractivity contribution in [1.82, 2.24) is 5.32 Å². The average Bonchev–Trinajstić information content (AvgIpc) is 1.97. The SMILES string of the molecule is C/C=C(\C=C/C(C)C)NC=O. The van der Waals surface area contributed by atoms with Crippen molar-refractivity contribution < 1.29 is 4.79 Å². The molecule has 0 rings (SSSR count). The first-order valence-corrected chi connectivity index (χ1v) is 3.75. The number of hydrogen-bond donors (Lipinski definition) is 1. The molecular weight excluding hydrogens is 138 g/mol. The van der Waals surface area contributed by atoms with E-state index in [0.29, 0.717) is 12.3 Å². The van der Waals surface area contributed by atoms with E-state index in [4.69, 9.17) is 0 Å². The summed E-state index contributed by atoms with van der Waals surface area (Å²) < 4.78 is 0. The second kappa shape index (κ2) is 5.71. The molecule has 0 atom stereocenters. The van der Waals surface area contributed by atoms with Crippen LogP contribution in [0.1, 0.15) is 20.8 Å². The number of rotatable bonds is 4. The predicted molar refractivity (Wildman–Crippen MR) is 46.9 cm³/mol. The van der Waals surface area contributed by atoms with Crippen molar-refractivity contribution in [2.45, 2.75) is 20.8 Å². The fourth-order valence-corrected chi connectivity index (χ4v) is 0.592. The van der Waals surface area contributed by atoms with E-state index < -0.39 is 0 Å². The number of nitrogens with one attached hydrogen (secondary N) is 1. The maximum Gasteiger partial charge on any atom is 0.211 e. The molecule has 0 aromatic rings. The summed E-state index contributed by atoms with van der Waals surface area (Å²) in [5.41, 5.74) is 0.841. The Morgan fingerprint density at radius 1 is 1.45 bits per heavy atom. The molecule has 0 heterocycles. The molecule has 0 fully saturated rings. The number of carbonyl (C=O) groups is 1. The zero-order valence-corrected chi connectivity index (χ0v) is 7.29. The molecule has 0 saturated heterocycles. The van der Waals surface area contributed by atoms with Gasteiger partial charge >= 0.3 is 0 Å². The van der Waals surface area contributed by atoms with Crippen LogP contribution in [0, 0.1) is 5.92 Å². The fourth-order valence-electron chi connectivity index (χ4n) is 0.592. The van der Waals surface area contributed by atoms with Crippen LogP contribution in [-0.2, 0) is 4.79 Å². The molecule has 0 bridgehead atoms. The molecule has 0 spiro atoms. The summed E-state index contributed by atoms with van der Waals surface area (Å²) in [6.07, 6.45) is 6.47. The minimum absolute atomic E-state index is 0.512. The molecule has 0 radical (unpaired) electrons. The van der Waals surface area contributed by atoms with Gasteiger partial charge < -0.3 is 5.32 Å². The Bertz CT molecular complexity index is 168. The normalized spacial score (nSPS) is 12.5. The molecule has 11 heavy (non-hydrogen) atoms. The smallest absolute Gasteiger partial charge is 0.211 e. The highest BCUT2D eigenvalue weighted by molar-refractivity contribution is 5.51. The number of hydrogen-bond acceptors (Lipinski definition) is 1. The summed E-state index contributed by atoms with van der Waals surface area (Å²) in [6, 6.07) is 0. The highest BCUT2D eigenvalue weighted by atomic mass is 16.1. The minimum atomic E-state index is 0.512. The van der Waals surface area contributed by atoms with Crippen LogP contribution in [0.2, 0.25) is 0 Å². The Balaban J connectivity index is 3.98. The molecule has 0 unspecified atom stereocenters. The number of amides is 1. The Hall–Kier alpha value is -1.05. The fraction of sp³-hybridized carbons (Fsp3) is 0.444. The highest BCUT2D eigenvalue weighted by Gasteiger charge is 1.87. The van der Waals surface area contributed by atoms with Crippen LogP contribution in [0.5, 0.6) is 0 Å². The molecule has 62 valence electrons. The van der Waals surface area contributed by atoms with Gasteiger partial charge in [0.05, 0.1) is 0 Å². The van der Waals surface area contributed by atoms with Crippen LogP contribution >= 0.6 is 0 Å². The van der Waals surface area contributed by atoms with Gasteiger partial charge in [0.25, 0.3) is 0 Å². The molecule has 0 aliphatic rings. The summed E-state index contributed by atoms with van der Waals surface area (Å²) in [7, 11) is 0. The zero-order chi connectivity index (χ0) is 8.69. The molecule has 0 aliphatic heterocycles. The first-order valence-electron chi connectivity index (χ1n) is 3.75. The topological polar surface area (TPSA) is 29.1 Å². The summed E-state index contributed by atoms with van der Waals surface area (Å²) in [4.78, 5) is 10.0. The molecule has 2 heteroatoms. The van der Waals surface area contributed by atoms with Crippen molar-refractivity contribution in [2.24, 2.45) is 5.92 Å². The Morgan fingerprint density at radius 2 is 2.09 bits per heavy atom. The maximum absolute atomic E-state index is 10.0. The summed E-state index contributed by atoms with van der Waals surface area (Å²) in [5, 5.41) is 2.58. The van der Waals surface area contributed by atoms with Crippen LogP contribution in [-0.4, -0.2) is 6.41 Å². The van der Waals surface area contributed by atoms with Crippen LogP contribution in [0.25, 0.3) is 0 Å². The monoisotopic (exact) mass is 153 g/mol. The maximum atomic E-state index is 10.0. The second-order valence-corrected chi connectivity index (χ2v) is 2.61. The minimum Gasteiger partial charge on any atom is -0.329 e. The first-order chi connectivity index (χ1) is 5.20. The van der Waals surface area contributed by atoms with Gasteiger partial charge in [-0.05, 0) is 18.9 Å². The molecule has 1 amide bonds. The third-order valence-electron chi connectivity index (χ3n) is 1.20. The van der Waals surface area contributed by atoms with Crippen molar-refractivity contribution in [1.29, 1.82) is 0 Å². The van der Waals surface area contributed by atoms with Gasteiger partial charge in [-0.2, -0.15) is 0 Å². The van der Waals surface area contributed by atoms with Gasteiger partial charge in [0.1, 0.15) is 0 Å². The van der Waals surface area contributed by atoms with E-state index in [1.165, 1.54) is 0 Å². The highest BCUT2D eigenvalue weighted by Crippen LogP contribution is 1.97. The van der Waals surface area contributed by atoms with Crippen molar-refractivity contribution >= 4 is 6.41 Å². The lowest BCUT2D eigenvalue weighted by atomic mass is 10.2. The molecule has 2 nitrogen and oxygen atoms in total. The Labute approximate surface area is 68.0 Å². The third-order valence-corrected chi connectivity index (χ3v) is 1.20. The summed E-state index contributed by atoms with van der Waals surface area (Å²) >= 11 is 0. The van der Waals surface area contributed by atoms with Crippen LogP contribution in [0.3, 0.4) is 0 Å². The van der Waals surface area contributed by atoms with Gasteiger partial charge in [-0.1, -0.05) is 26.0 Å². The first kappa shape index (κ1) is 9.95. The van der Waals surface area contributed by atoms with Gasteiger partial charge in [0.15, 0.2) is 0 Å². The molecule has 0 aromatic heterocycles. The van der Waals surface area contributed by atoms with E-state index in [2.05, 4.69) is 19.2 Å². The van der Waals surface area contributed by atoms with E-state index in [1.54, 1.807) is 0 Å². The van der Waals surface area contributed by atoms with Gasteiger partial charge in [0, 0.05) is 5.70 Å². The average molecular weight is 153 g/mol. The van der Waals surface area contributed by atoms with E-state index in [0.717, 1.165) is 5.70 Å². The Kier molecular flexibility index (Phi) is 5.17. The lowest BCUT2D eigenvalue weighted by Crippen LogP contribution is -2.07. The molecule has 0 saturated carbocycles. The lowest BCUT2D eigenvalue weighted by molar-refractivity contribution is -0.108. The van der Waals surface area contributed by atoms with Crippen molar-refractivity contribution in [3.8, 4) is 0 Å². The van der Waals surface area contributed by atoms with Crippen LogP contribution < -0.4 is 5.32 Å². The van der Waals surface area contributed by atoms with Gasteiger partial charge in [-0.15, -0.1) is 0 Å². The largest absolute Gasteiger partial charge is 0.329 e. The number of carbonyl (C=O) groups excluding carboxylic acids is 1. The van der Waals surface area contributed by atoms with Crippen LogP contribution in [0.15, 0.2) is 23.9 Å². The Morgan fingerprint density at radius 3 is 2.45 bits per heavy atom.